The van der Waals surface area contributed by atoms with E-state index in [0.29, 0.717) is 17.3 Å². The van der Waals surface area contributed by atoms with Crippen molar-refractivity contribution < 1.29 is 14.3 Å². The first-order valence-corrected chi connectivity index (χ1v) is 14.3. The van der Waals surface area contributed by atoms with Crippen molar-refractivity contribution in [3.63, 3.8) is 0 Å². The molecule has 4 aromatic rings. The zero-order valence-electron chi connectivity index (χ0n) is 23.5. The van der Waals surface area contributed by atoms with E-state index in [1.807, 2.05) is 79.7 Å². The van der Waals surface area contributed by atoms with Crippen LogP contribution in [0.1, 0.15) is 52.7 Å². The summed E-state index contributed by atoms with van der Waals surface area (Å²) in [5, 5.41) is 7.68. The topological polar surface area (TPSA) is 96.5 Å². The van der Waals surface area contributed by atoms with Gasteiger partial charge in [-0.15, -0.1) is 0 Å². The van der Waals surface area contributed by atoms with Gasteiger partial charge in [-0.05, 0) is 80.0 Å². The van der Waals surface area contributed by atoms with E-state index in [9.17, 15) is 9.59 Å². The van der Waals surface area contributed by atoms with Gasteiger partial charge >= 0.3 is 0 Å². The number of amides is 1. The summed E-state index contributed by atoms with van der Waals surface area (Å²) < 4.78 is 5.84. The number of nitrogens with zero attached hydrogens (tertiary/aromatic N) is 3. The van der Waals surface area contributed by atoms with Crippen LogP contribution in [0.3, 0.4) is 0 Å². The fourth-order valence-corrected chi connectivity index (χ4v) is 5.91. The molecule has 210 valence electrons. The summed E-state index contributed by atoms with van der Waals surface area (Å²) in [6.07, 6.45) is 5.15. The molecule has 0 aliphatic heterocycles. The lowest BCUT2D eigenvalue weighted by molar-refractivity contribution is -0.124. The van der Waals surface area contributed by atoms with E-state index < -0.39 is 0 Å². The summed E-state index contributed by atoms with van der Waals surface area (Å²) in [4.78, 5) is 37.2. The number of hydrogen-bond donors (Lipinski definition) is 2. The second-order valence-electron chi connectivity index (χ2n) is 11.1. The van der Waals surface area contributed by atoms with Gasteiger partial charge in [0.15, 0.2) is 12.4 Å². The molecule has 0 saturated heterocycles. The van der Waals surface area contributed by atoms with E-state index >= 15 is 0 Å². The van der Waals surface area contributed by atoms with Crippen LogP contribution in [0.15, 0.2) is 66.7 Å². The lowest BCUT2D eigenvalue weighted by Gasteiger charge is -2.30. The van der Waals surface area contributed by atoms with E-state index in [-0.39, 0.29) is 30.4 Å². The molecule has 3 aromatic carbocycles. The number of anilines is 2. The number of aryl methyl sites for hydroxylation is 2. The van der Waals surface area contributed by atoms with Crippen molar-refractivity contribution in [1.29, 1.82) is 0 Å². The molecule has 8 heteroatoms. The lowest BCUT2D eigenvalue weighted by atomic mass is 9.91. The number of aromatic nitrogens is 2. The first kappa shape index (κ1) is 26.7. The van der Waals surface area contributed by atoms with E-state index in [1.165, 1.54) is 0 Å². The number of nitrogens with one attached hydrogen (secondary N) is 2. The van der Waals surface area contributed by atoms with E-state index in [4.69, 9.17) is 14.7 Å². The van der Waals surface area contributed by atoms with Crippen LogP contribution < -0.4 is 20.3 Å². The normalized spacial score (nSPS) is 18.1. The Morgan fingerprint density at radius 3 is 2.41 bits per heavy atom. The highest BCUT2D eigenvalue weighted by Crippen LogP contribution is 2.28. The summed E-state index contributed by atoms with van der Waals surface area (Å²) in [5.74, 6) is 2.06. The average molecular weight is 550 g/mol. The Morgan fingerprint density at radius 1 is 0.878 bits per heavy atom. The largest absolute Gasteiger partial charge is 0.484 e. The Kier molecular flexibility index (Phi) is 7.55. The van der Waals surface area contributed by atoms with Crippen molar-refractivity contribution in [3.05, 3.63) is 89.0 Å². The molecule has 6 rings (SSSR count). The summed E-state index contributed by atoms with van der Waals surface area (Å²) in [5.41, 5.74) is 4.43. The molecular formula is C33H35N5O3. The quantitative estimate of drug-likeness (QED) is 0.337. The number of fused-ring (bicyclic) bond motifs is 3. The molecule has 0 unspecified atom stereocenters. The van der Waals surface area contributed by atoms with Crippen LogP contribution in [-0.2, 0) is 17.6 Å². The van der Waals surface area contributed by atoms with Crippen LogP contribution >= 0.6 is 0 Å². The zero-order chi connectivity index (χ0) is 28.3. The van der Waals surface area contributed by atoms with Crippen molar-refractivity contribution in [2.24, 2.45) is 0 Å². The van der Waals surface area contributed by atoms with Gasteiger partial charge in [-0.2, -0.15) is 4.98 Å². The predicted molar refractivity (Wildman–Crippen MR) is 161 cm³/mol. The third-order valence-corrected chi connectivity index (χ3v) is 8.05. The Balaban J connectivity index is 0.998. The number of hydrogen-bond acceptors (Lipinski definition) is 7. The van der Waals surface area contributed by atoms with Gasteiger partial charge in [0.05, 0.1) is 5.52 Å². The van der Waals surface area contributed by atoms with Gasteiger partial charge in [0.2, 0.25) is 5.95 Å². The smallest absolute Gasteiger partial charge is 0.258 e. The fraction of sp³-hybridized carbons (Fsp3) is 0.333. The highest BCUT2D eigenvalue weighted by molar-refractivity contribution is 6.11. The van der Waals surface area contributed by atoms with Crippen molar-refractivity contribution in [3.8, 4) is 5.75 Å². The Morgan fingerprint density at radius 2 is 1.59 bits per heavy atom. The first-order chi connectivity index (χ1) is 19.9. The molecule has 0 atom stereocenters. The third kappa shape index (κ3) is 5.87. The molecule has 41 heavy (non-hydrogen) atoms. The minimum absolute atomic E-state index is 0.0489. The predicted octanol–water partition coefficient (Wildman–Crippen LogP) is 4.94. The monoisotopic (exact) mass is 549 g/mol. The van der Waals surface area contributed by atoms with Gasteiger partial charge in [0, 0.05) is 42.7 Å². The third-order valence-electron chi connectivity index (χ3n) is 8.05. The Hall–Kier alpha value is -4.46. The molecule has 0 bridgehead atoms. The highest BCUT2D eigenvalue weighted by atomic mass is 16.5. The fourth-order valence-electron chi connectivity index (χ4n) is 5.91. The van der Waals surface area contributed by atoms with Crippen LogP contribution in [0.25, 0.3) is 10.9 Å². The summed E-state index contributed by atoms with van der Waals surface area (Å²) in [6, 6.07) is 21.7. The molecule has 1 aromatic heterocycles. The molecule has 1 saturated carbocycles. The number of carbonyl (C=O) groups excluding carboxylic acids is 2. The van der Waals surface area contributed by atoms with Crippen LogP contribution in [0, 0.1) is 0 Å². The highest BCUT2D eigenvalue weighted by Gasteiger charge is 2.24. The number of benzene rings is 3. The van der Waals surface area contributed by atoms with Crippen LogP contribution in [0.5, 0.6) is 5.75 Å². The lowest BCUT2D eigenvalue weighted by Crippen LogP contribution is -2.42. The molecule has 0 spiro atoms. The van der Waals surface area contributed by atoms with Gasteiger partial charge in [-0.1, -0.05) is 36.4 Å². The van der Waals surface area contributed by atoms with Crippen molar-refractivity contribution in [1.82, 2.24) is 15.3 Å². The Labute approximate surface area is 240 Å². The van der Waals surface area contributed by atoms with E-state index in [2.05, 4.69) is 10.6 Å². The van der Waals surface area contributed by atoms with Crippen molar-refractivity contribution in [2.45, 2.75) is 50.6 Å². The second-order valence-corrected chi connectivity index (χ2v) is 11.1. The van der Waals surface area contributed by atoms with Crippen LogP contribution in [0.4, 0.5) is 11.8 Å². The maximum absolute atomic E-state index is 13.0. The summed E-state index contributed by atoms with van der Waals surface area (Å²) in [7, 11) is 3.98. The van der Waals surface area contributed by atoms with Gasteiger partial charge in [-0.3, -0.25) is 9.59 Å². The summed E-state index contributed by atoms with van der Waals surface area (Å²) in [6.45, 7) is -0.0522. The molecule has 1 fully saturated rings. The SMILES string of the molecule is CN(C)c1nc(NC2CCC(NC(=O)COc3ccc4c(c3)CCc3ccccc3C4=O)CC2)nc2ccccc12. The standard InChI is InChI=1S/C33H35N5O3/c1-38(2)32-28-9-5-6-10-29(28)36-33(37-32)35-24-15-13-23(14-16-24)34-30(39)20-41-25-17-18-27-22(19-25)12-11-21-7-3-4-8-26(21)31(27)40/h3-10,17-19,23-24H,11-16,20H2,1-2H3,(H,34,39)(H,35,36,37). The second kappa shape index (κ2) is 11.6. The average Bonchev–Trinajstić information content (AvgIpc) is 3.13. The van der Waals surface area contributed by atoms with Crippen molar-refractivity contribution in [2.75, 3.05) is 30.9 Å². The van der Waals surface area contributed by atoms with E-state index in [0.717, 1.165) is 71.9 Å². The maximum Gasteiger partial charge on any atom is 0.258 e. The number of para-hydroxylation sites is 1. The maximum atomic E-state index is 13.0. The van der Waals surface area contributed by atoms with E-state index in [1.54, 1.807) is 6.07 Å². The molecule has 2 aliphatic rings. The first-order valence-electron chi connectivity index (χ1n) is 14.3. The van der Waals surface area contributed by atoms with Crippen LogP contribution in [-0.4, -0.2) is 54.4 Å². The van der Waals surface area contributed by atoms with Gasteiger partial charge in [0.25, 0.3) is 5.91 Å². The number of ketones is 1. The number of rotatable bonds is 7. The minimum atomic E-state index is -0.131. The van der Waals surface area contributed by atoms with Gasteiger partial charge < -0.3 is 20.3 Å². The van der Waals surface area contributed by atoms with Crippen molar-refractivity contribution >= 4 is 34.4 Å². The molecule has 0 radical (unpaired) electrons. The van der Waals surface area contributed by atoms with Gasteiger partial charge in [-0.25, -0.2) is 4.98 Å². The van der Waals surface area contributed by atoms with Gasteiger partial charge in [0.1, 0.15) is 11.6 Å². The number of carbonyl (C=O) groups is 2. The molecular weight excluding hydrogens is 514 g/mol. The van der Waals surface area contributed by atoms with Crippen LogP contribution in [0.2, 0.25) is 0 Å². The minimum Gasteiger partial charge on any atom is -0.484 e. The zero-order valence-corrected chi connectivity index (χ0v) is 23.5. The molecule has 8 nitrogen and oxygen atoms in total. The molecule has 1 heterocycles. The molecule has 2 N–H and O–H groups in total. The summed E-state index contributed by atoms with van der Waals surface area (Å²) >= 11 is 0. The Bertz CT molecular complexity index is 1590. The number of ether oxygens (including phenoxy) is 1. The molecule has 2 aliphatic carbocycles. The molecule has 1 amide bonds.